The Balaban J connectivity index is 1.30. The van der Waals surface area contributed by atoms with E-state index in [1.165, 1.54) is 5.01 Å². The fourth-order valence-corrected chi connectivity index (χ4v) is 10.8. The molecule has 5 heterocycles. The van der Waals surface area contributed by atoms with Crippen LogP contribution in [0.5, 0.6) is 5.75 Å². The number of hydrazine groups is 1. The van der Waals surface area contributed by atoms with Crippen molar-refractivity contribution >= 4 is 32.6 Å². The van der Waals surface area contributed by atoms with Crippen molar-refractivity contribution in [3.63, 3.8) is 0 Å². The predicted octanol–water partition coefficient (Wildman–Crippen LogP) is 8.48. The monoisotopic (exact) mass is 1040 g/mol. The summed E-state index contributed by atoms with van der Waals surface area (Å²) in [4.78, 5) is 53.4. The number of methoxy groups -OCH3 is 2. The van der Waals surface area contributed by atoms with Crippen molar-refractivity contribution in [3.8, 4) is 28.1 Å². The van der Waals surface area contributed by atoms with Gasteiger partial charge in [-0.05, 0) is 68.0 Å². The van der Waals surface area contributed by atoms with Crippen molar-refractivity contribution in [1.29, 1.82) is 0 Å². The molecule has 2 saturated heterocycles. The third kappa shape index (κ3) is 11.8. The summed E-state index contributed by atoms with van der Waals surface area (Å²) in [5.41, 5.74) is 10.5. The number of esters is 1. The average molecular weight is 1040 g/mol. The zero-order valence-electron chi connectivity index (χ0n) is 41.4. The van der Waals surface area contributed by atoms with Crippen LogP contribution < -0.4 is 15.5 Å². The molecule has 362 valence electrons. The molecule has 8 rings (SSSR count). The van der Waals surface area contributed by atoms with Gasteiger partial charge in [-0.25, -0.2) is 10.2 Å². The fourth-order valence-electron chi connectivity index (χ4n) is 9.73. The molecule has 0 radical (unpaired) electrons. The molecule has 0 spiro atoms. The fraction of sp³-hybridized carbons (Fsp3) is 0.463. The molecule has 69 heavy (non-hydrogen) atoms. The van der Waals surface area contributed by atoms with Crippen LogP contribution in [0.1, 0.15) is 101 Å². The van der Waals surface area contributed by atoms with E-state index in [4.69, 9.17) is 28.7 Å². The Bertz CT molecular complexity index is 2670. The predicted molar refractivity (Wildman–Crippen MR) is 262 cm³/mol. The quantitative estimate of drug-likeness (QED) is 0.0911. The Morgan fingerprint density at radius 2 is 1.78 bits per heavy atom. The number of hydrogen-bond acceptors (Lipinski definition) is 11. The van der Waals surface area contributed by atoms with Gasteiger partial charge in [-0.2, -0.15) is 0 Å². The summed E-state index contributed by atoms with van der Waals surface area (Å²) in [6, 6.07) is 22.8. The maximum atomic E-state index is 14.6. The number of nitrogens with zero attached hydrogens (tertiary/aromatic N) is 3. The molecule has 0 unspecified atom stereocenters. The topological polar surface area (TPSA) is 157 Å². The van der Waals surface area contributed by atoms with Gasteiger partial charge in [0.25, 0.3) is 5.91 Å². The Labute approximate surface area is 421 Å². The molecule has 3 N–H and O–H groups in total. The van der Waals surface area contributed by atoms with E-state index in [0.29, 0.717) is 38.2 Å². The zero-order valence-corrected chi connectivity index (χ0v) is 45.4. The molecule has 2 amide bonds. The molecule has 2 aromatic heterocycles. The van der Waals surface area contributed by atoms with Gasteiger partial charge in [-0.15, -0.1) is 0 Å². The van der Waals surface area contributed by atoms with Gasteiger partial charge >= 0.3 is 199 Å². The third-order valence-corrected chi connectivity index (χ3v) is 15.1. The number of carbonyl (C=O) groups excluding carboxylic acids is 3. The number of piperidine rings is 1. The van der Waals surface area contributed by atoms with Gasteiger partial charge in [0.15, 0.2) is 0 Å². The normalized spacial score (nSPS) is 20.4. The standard InChI is InChI=1S/C54H66N6O8.Cd/c1-34(64-8)47-42(29-39(31-55-47)54(65-9)19-22-59(7)23-20-54)48-43-30-53(5,6)33-67-50(62)45-16-13-21-60(58-45)49(61)46(57-51(63)68-52(2,3)4)26-36-24-38(37-17-18-44(56-48)41(43)28-37)27-40(25-36)66-32-35-14-11-10-12-15-35;/h7,10-12,14-15,17-18,24-25,27-29,31,34,45-46,56,58H,13,16,19-23,26,30,32-33H2,1-6,8-9H3,(H,57,63);/t34-,45-,46-;/m0./s1. The SMILES string of the molecule is CO[C@@H](C)c1ncc(C2(OC)CCN([CH]=[Cd])CC2)cc1-c1[nH]c2ccc3cc2c1CC(C)(C)COC(=O)[C@@H]1CCCN(N1)C(=O)[C@@H](NC(=O)OC(C)(C)C)Cc1cc(OCc2ccccc2)cc-3c1. The summed E-state index contributed by atoms with van der Waals surface area (Å²) in [6.07, 6.45) is 4.29. The maximum absolute atomic E-state index is 14.6. The van der Waals surface area contributed by atoms with E-state index in [1.54, 1.807) is 35.0 Å². The molecule has 0 aliphatic carbocycles. The molecule has 3 aliphatic heterocycles. The molecular formula is C54H66CdN6O8. The number of carbonyl (C=O) groups is 3. The Hall–Kier alpha value is -5.01. The number of aromatic amines is 1. The first-order chi connectivity index (χ1) is 33.0. The van der Waals surface area contributed by atoms with E-state index >= 15 is 0 Å². The molecule has 3 aliphatic rings. The second-order valence-electron chi connectivity index (χ2n) is 20.5. The number of fused-ring (bicyclic) bond motifs is 6. The molecule has 6 bridgehead atoms. The molecule has 3 atom stereocenters. The zero-order chi connectivity index (χ0) is 49.1. The van der Waals surface area contributed by atoms with Crippen LogP contribution in [0.15, 0.2) is 79.0 Å². The van der Waals surface area contributed by atoms with E-state index in [1.807, 2.05) is 55.6 Å². The molecular weight excluding hydrogens is 973 g/mol. The number of H-pyrrole nitrogens is 1. The average Bonchev–Trinajstić information content (AvgIpc) is 3.69. The van der Waals surface area contributed by atoms with E-state index in [2.05, 4.69) is 68.5 Å². The first kappa shape index (κ1) is 50.4. The van der Waals surface area contributed by atoms with Crippen molar-refractivity contribution in [1.82, 2.24) is 30.6 Å². The summed E-state index contributed by atoms with van der Waals surface area (Å²) in [5.74, 6) is -0.232. The first-order valence-electron chi connectivity index (χ1n) is 24.1. The van der Waals surface area contributed by atoms with Crippen LogP contribution in [0, 0.1) is 5.41 Å². The summed E-state index contributed by atoms with van der Waals surface area (Å²) in [6.45, 7) is 14.2. The minimum atomic E-state index is -1.05. The van der Waals surface area contributed by atoms with Crippen LogP contribution in [-0.4, -0.2) is 99.7 Å². The van der Waals surface area contributed by atoms with E-state index < -0.39 is 46.7 Å². The van der Waals surface area contributed by atoms with Crippen LogP contribution in [0.25, 0.3) is 33.3 Å². The van der Waals surface area contributed by atoms with Crippen LogP contribution in [0.4, 0.5) is 4.79 Å². The summed E-state index contributed by atoms with van der Waals surface area (Å²) >= 11 is 0.759. The minimum absolute atomic E-state index is 0.112. The van der Waals surface area contributed by atoms with Gasteiger partial charge in [0.05, 0.1) is 6.61 Å². The number of aromatic nitrogens is 2. The Kier molecular flexibility index (Phi) is 15.4. The smallest absolute Gasteiger partial charge is 0.489 e. The van der Waals surface area contributed by atoms with Crippen LogP contribution >= 0.6 is 0 Å². The van der Waals surface area contributed by atoms with Crippen LogP contribution in [0.2, 0.25) is 0 Å². The number of amides is 2. The van der Waals surface area contributed by atoms with Crippen molar-refractivity contribution in [3.05, 3.63) is 107 Å². The van der Waals surface area contributed by atoms with E-state index in [0.717, 1.165) is 112 Å². The van der Waals surface area contributed by atoms with Crippen molar-refractivity contribution in [2.24, 2.45) is 5.41 Å². The minimum Gasteiger partial charge on any atom is -0.489 e. The van der Waals surface area contributed by atoms with Gasteiger partial charge in [-0.3, -0.25) is 14.6 Å². The molecule has 14 nitrogen and oxygen atoms in total. The number of alkyl carbamates (subject to hydrolysis) is 1. The van der Waals surface area contributed by atoms with Gasteiger partial charge in [0.1, 0.15) is 30.0 Å². The molecule has 2 fully saturated rings. The third-order valence-electron chi connectivity index (χ3n) is 13.6. The van der Waals surface area contributed by atoms with Crippen molar-refractivity contribution in [2.45, 2.75) is 116 Å². The second kappa shape index (κ2) is 21.1. The van der Waals surface area contributed by atoms with Gasteiger partial charge in [0.2, 0.25) is 0 Å². The second-order valence-corrected chi connectivity index (χ2v) is 21.5. The van der Waals surface area contributed by atoms with Gasteiger partial charge < -0.3 is 19.5 Å². The molecule has 5 aromatic rings. The van der Waals surface area contributed by atoms with E-state index in [9.17, 15) is 14.4 Å². The van der Waals surface area contributed by atoms with Crippen molar-refractivity contribution in [2.75, 3.05) is 40.5 Å². The number of cyclic esters (lactones) is 1. The van der Waals surface area contributed by atoms with Crippen molar-refractivity contribution < 1.29 is 63.3 Å². The summed E-state index contributed by atoms with van der Waals surface area (Å²) in [5, 5.41) is 5.31. The number of hydrogen-bond donors (Lipinski definition) is 3. The first-order valence-corrected chi connectivity index (χ1v) is 26.4. The number of ether oxygens (including phenoxy) is 5. The van der Waals surface area contributed by atoms with Crippen LogP contribution in [0.3, 0.4) is 0 Å². The number of pyridine rings is 1. The number of nitrogens with one attached hydrogen (secondary N) is 3. The van der Waals surface area contributed by atoms with Gasteiger partial charge in [0, 0.05) is 13.0 Å². The molecule has 3 aromatic carbocycles. The number of rotatable bonds is 10. The molecule has 15 heteroatoms. The number of benzene rings is 3. The summed E-state index contributed by atoms with van der Waals surface area (Å²) in [7, 11) is 3.51. The summed E-state index contributed by atoms with van der Waals surface area (Å²) < 4.78 is 33.1. The van der Waals surface area contributed by atoms with Crippen LogP contribution in [-0.2, 0) is 78.9 Å². The van der Waals surface area contributed by atoms with Gasteiger partial charge in [-0.1, -0.05) is 56.3 Å². The number of likely N-dealkylation sites (tertiary alicyclic amines) is 1. The Morgan fingerprint density at radius 3 is 2.49 bits per heavy atom. The Morgan fingerprint density at radius 1 is 1.01 bits per heavy atom. The molecule has 0 saturated carbocycles. The van der Waals surface area contributed by atoms with E-state index in [-0.39, 0.29) is 19.1 Å².